The minimum absolute atomic E-state index is 0.00433. The van der Waals surface area contributed by atoms with Crippen molar-refractivity contribution in [1.29, 1.82) is 0 Å². The number of thiophene rings is 1. The smallest absolute Gasteiger partial charge is 0.228 e. The number of H-pyrrole nitrogens is 1. The van der Waals surface area contributed by atoms with E-state index >= 15 is 0 Å². The Balaban J connectivity index is 1.54. The summed E-state index contributed by atoms with van der Waals surface area (Å²) in [5.74, 6) is -0.00433. The molecule has 0 saturated heterocycles. The number of carbonyl (C=O) groups is 1. The Labute approximate surface area is 150 Å². The first kappa shape index (κ1) is 15.7. The van der Waals surface area contributed by atoms with E-state index in [1.54, 1.807) is 11.3 Å². The normalized spacial score (nSPS) is 10.9. The molecule has 1 amide bonds. The van der Waals surface area contributed by atoms with Gasteiger partial charge in [0.15, 0.2) is 0 Å². The zero-order valence-electron chi connectivity index (χ0n) is 13.9. The molecule has 0 aliphatic carbocycles. The number of aromatic nitrogens is 1. The number of fused-ring (bicyclic) bond motifs is 1. The lowest BCUT2D eigenvalue weighted by molar-refractivity contribution is -0.115. The number of hydrogen-bond donors (Lipinski definition) is 2. The molecule has 0 aliphatic heterocycles. The summed E-state index contributed by atoms with van der Waals surface area (Å²) in [7, 11) is 0. The minimum Gasteiger partial charge on any atom is -0.358 e. The molecular weight excluding hydrogens is 328 g/mol. The molecule has 0 unspecified atom stereocenters. The number of anilines is 1. The lowest BCUT2D eigenvalue weighted by atomic mass is 10.1. The van der Waals surface area contributed by atoms with E-state index in [2.05, 4.69) is 39.3 Å². The number of rotatable bonds is 4. The molecule has 0 spiro atoms. The molecule has 0 radical (unpaired) electrons. The second kappa shape index (κ2) is 6.57. The van der Waals surface area contributed by atoms with Crippen molar-refractivity contribution in [2.45, 2.75) is 13.3 Å². The zero-order valence-corrected chi connectivity index (χ0v) is 14.7. The van der Waals surface area contributed by atoms with Crippen LogP contribution in [-0.2, 0) is 11.2 Å². The third-order valence-corrected chi connectivity index (χ3v) is 5.05. The maximum atomic E-state index is 12.6. The third-order valence-electron chi connectivity index (χ3n) is 4.37. The van der Waals surface area contributed by atoms with E-state index in [1.165, 1.54) is 5.56 Å². The summed E-state index contributed by atoms with van der Waals surface area (Å²) < 4.78 is 0. The van der Waals surface area contributed by atoms with Crippen molar-refractivity contribution in [3.8, 4) is 11.1 Å². The number of aryl methyl sites for hydroxylation is 1. The third kappa shape index (κ3) is 3.21. The maximum absolute atomic E-state index is 12.6. The lowest BCUT2D eigenvalue weighted by Crippen LogP contribution is -2.14. The molecule has 0 fully saturated rings. The van der Waals surface area contributed by atoms with Gasteiger partial charge in [0.2, 0.25) is 5.91 Å². The van der Waals surface area contributed by atoms with Gasteiger partial charge in [0.05, 0.1) is 6.42 Å². The van der Waals surface area contributed by atoms with E-state index < -0.39 is 0 Å². The van der Waals surface area contributed by atoms with Crippen LogP contribution in [0.4, 0.5) is 5.69 Å². The molecule has 0 atom stereocenters. The molecule has 25 heavy (non-hydrogen) atoms. The van der Waals surface area contributed by atoms with Crippen LogP contribution in [0.3, 0.4) is 0 Å². The van der Waals surface area contributed by atoms with E-state index in [0.717, 1.165) is 33.4 Å². The van der Waals surface area contributed by atoms with E-state index in [1.807, 2.05) is 43.3 Å². The van der Waals surface area contributed by atoms with Gasteiger partial charge in [0.25, 0.3) is 0 Å². The van der Waals surface area contributed by atoms with Crippen molar-refractivity contribution >= 4 is 33.8 Å². The maximum Gasteiger partial charge on any atom is 0.228 e. The first-order chi connectivity index (χ1) is 12.2. The highest BCUT2D eigenvalue weighted by Gasteiger charge is 2.12. The molecule has 0 bridgehead atoms. The van der Waals surface area contributed by atoms with Gasteiger partial charge >= 0.3 is 0 Å². The number of hydrogen-bond acceptors (Lipinski definition) is 2. The fourth-order valence-corrected chi connectivity index (χ4v) is 3.80. The van der Waals surface area contributed by atoms with Crippen LogP contribution in [0, 0.1) is 6.92 Å². The van der Waals surface area contributed by atoms with Crippen molar-refractivity contribution in [1.82, 2.24) is 4.98 Å². The van der Waals surface area contributed by atoms with Gasteiger partial charge in [-0.15, -0.1) is 0 Å². The Kier molecular flexibility index (Phi) is 4.12. The van der Waals surface area contributed by atoms with Crippen LogP contribution in [-0.4, -0.2) is 10.9 Å². The van der Waals surface area contributed by atoms with Crippen LogP contribution < -0.4 is 5.32 Å². The largest absolute Gasteiger partial charge is 0.358 e. The van der Waals surface area contributed by atoms with Crippen molar-refractivity contribution in [2.24, 2.45) is 0 Å². The second-order valence-corrected chi connectivity index (χ2v) is 6.87. The van der Waals surface area contributed by atoms with Crippen LogP contribution in [0.25, 0.3) is 22.0 Å². The van der Waals surface area contributed by atoms with Crippen molar-refractivity contribution in [2.75, 3.05) is 5.32 Å². The fourth-order valence-electron chi connectivity index (χ4n) is 3.13. The zero-order chi connectivity index (χ0) is 17.2. The van der Waals surface area contributed by atoms with Gasteiger partial charge in [-0.05, 0) is 58.6 Å². The average molecular weight is 346 g/mol. The average Bonchev–Trinajstić information content (AvgIpc) is 3.24. The summed E-state index contributed by atoms with van der Waals surface area (Å²) in [5.41, 5.74) is 6.29. The molecule has 3 nitrogen and oxygen atoms in total. The number of para-hydroxylation sites is 1. The number of amides is 1. The number of benzene rings is 2. The van der Waals surface area contributed by atoms with E-state index in [0.29, 0.717) is 6.42 Å². The summed E-state index contributed by atoms with van der Waals surface area (Å²) in [6, 6.07) is 18.1. The molecule has 0 aliphatic rings. The SMILES string of the molecule is Cc1[nH]c2ccccc2c1CC(=O)Nc1cccc(-c2ccsc2)c1. The molecule has 124 valence electrons. The minimum atomic E-state index is -0.00433. The van der Waals surface area contributed by atoms with Crippen LogP contribution in [0.2, 0.25) is 0 Å². The van der Waals surface area contributed by atoms with Crippen molar-refractivity contribution in [3.63, 3.8) is 0 Å². The number of aromatic amines is 1. The second-order valence-electron chi connectivity index (χ2n) is 6.09. The fraction of sp³-hybridized carbons (Fsp3) is 0.0952. The Morgan fingerprint density at radius 2 is 1.96 bits per heavy atom. The van der Waals surface area contributed by atoms with E-state index in [4.69, 9.17) is 0 Å². The molecule has 4 heteroatoms. The molecule has 2 N–H and O–H groups in total. The van der Waals surface area contributed by atoms with Gasteiger partial charge in [-0.2, -0.15) is 11.3 Å². The monoisotopic (exact) mass is 346 g/mol. The Bertz CT molecular complexity index is 1030. The number of carbonyl (C=O) groups excluding carboxylic acids is 1. The Morgan fingerprint density at radius 1 is 1.08 bits per heavy atom. The quantitative estimate of drug-likeness (QED) is 0.511. The highest BCUT2D eigenvalue weighted by atomic mass is 32.1. The summed E-state index contributed by atoms with van der Waals surface area (Å²) in [6.07, 6.45) is 0.360. The standard InChI is InChI=1S/C21H18N2OS/c1-14-19(18-7-2-3-8-20(18)22-14)12-21(24)23-17-6-4-5-15(11-17)16-9-10-25-13-16/h2-11,13,22H,12H2,1H3,(H,23,24). The highest BCUT2D eigenvalue weighted by molar-refractivity contribution is 7.08. The first-order valence-corrected chi connectivity index (χ1v) is 9.13. The van der Waals surface area contributed by atoms with Gasteiger partial charge < -0.3 is 10.3 Å². The van der Waals surface area contributed by atoms with Crippen molar-refractivity contribution < 1.29 is 4.79 Å². The first-order valence-electron chi connectivity index (χ1n) is 8.19. The van der Waals surface area contributed by atoms with Gasteiger partial charge in [-0.3, -0.25) is 4.79 Å². The molecular formula is C21H18N2OS. The highest BCUT2D eigenvalue weighted by Crippen LogP contribution is 2.26. The van der Waals surface area contributed by atoms with Gasteiger partial charge in [-0.1, -0.05) is 30.3 Å². The van der Waals surface area contributed by atoms with Gasteiger partial charge in [0.1, 0.15) is 0 Å². The van der Waals surface area contributed by atoms with Crippen LogP contribution in [0.1, 0.15) is 11.3 Å². The molecule has 2 aromatic heterocycles. The summed E-state index contributed by atoms with van der Waals surface area (Å²) in [5, 5.41) is 8.30. The summed E-state index contributed by atoms with van der Waals surface area (Å²) in [6.45, 7) is 2.01. The van der Waals surface area contributed by atoms with Crippen LogP contribution in [0.5, 0.6) is 0 Å². The molecule has 2 heterocycles. The van der Waals surface area contributed by atoms with E-state index in [9.17, 15) is 4.79 Å². The van der Waals surface area contributed by atoms with Crippen LogP contribution in [0.15, 0.2) is 65.4 Å². The predicted octanol–water partition coefficient (Wildman–Crippen LogP) is 5.39. The summed E-state index contributed by atoms with van der Waals surface area (Å²) in [4.78, 5) is 15.9. The van der Waals surface area contributed by atoms with Crippen molar-refractivity contribution in [3.05, 3.63) is 76.6 Å². The molecule has 4 aromatic rings. The predicted molar refractivity (Wildman–Crippen MR) is 105 cm³/mol. The molecule has 2 aromatic carbocycles. The van der Waals surface area contributed by atoms with Crippen LogP contribution >= 0.6 is 11.3 Å². The van der Waals surface area contributed by atoms with Gasteiger partial charge in [-0.25, -0.2) is 0 Å². The molecule has 0 saturated carbocycles. The topological polar surface area (TPSA) is 44.9 Å². The van der Waals surface area contributed by atoms with Gasteiger partial charge in [0, 0.05) is 22.3 Å². The lowest BCUT2D eigenvalue weighted by Gasteiger charge is -2.07. The Morgan fingerprint density at radius 3 is 2.80 bits per heavy atom. The summed E-state index contributed by atoms with van der Waals surface area (Å²) >= 11 is 1.67. The number of nitrogens with one attached hydrogen (secondary N) is 2. The van der Waals surface area contributed by atoms with E-state index in [-0.39, 0.29) is 5.91 Å². The Hall–Kier alpha value is -2.85. The molecule has 4 rings (SSSR count).